The molecular weight excluding hydrogens is 664 g/mol. The van der Waals surface area contributed by atoms with Crippen molar-refractivity contribution >= 4 is 28.8 Å². The van der Waals surface area contributed by atoms with Crippen molar-refractivity contribution in [3.8, 4) is 11.3 Å². The fourth-order valence-electron chi connectivity index (χ4n) is 6.45. The number of aliphatic hydroxyl groups is 1. The third-order valence-corrected chi connectivity index (χ3v) is 9.55. The van der Waals surface area contributed by atoms with Crippen LogP contribution in [0.3, 0.4) is 0 Å². The number of nitrogens with zero attached hydrogens (tertiary/aromatic N) is 5. The van der Waals surface area contributed by atoms with Crippen molar-refractivity contribution in [2.75, 3.05) is 39.4 Å². The number of rotatable bonds is 18. The zero-order valence-electron chi connectivity index (χ0n) is 30.1. The van der Waals surface area contributed by atoms with E-state index in [2.05, 4.69) is 27.6 Å². The molecule has 3 amide bonds. The highest BCUT2D eigenvalue weighted by atomic mass is 16.5. The molecular formula is C38H50N8O6. The second kappa shape index (κ2) is 18.0. The molecule has 0 bridgehead atoms. The topological polar surface area (TPSA) is 187 Å². The molecule has 3 heterocycles. The van der Waals surface area contributed by atoms with E-state index in [1.165, 1.54) is 10.9 Å². The Balaban J connectivity index is 1.09. The number of carbonyl (C=O) groups excluding carboxylic acids is 3. The van der Waals surface area contributed by atoms with Gasteiger partial charge < -0.3 is 31.1 Å². The molecule has 1 atom stereocenters. The lowest BCUT2D eigenvalue weighted by atomic mass is 9.90. The van der Waals surface area contributed by atoms with Gasteiger partial charge >= 0.3 is 0 Å². The summed E-state index contributed by atoms with van der Waals surface area (Å²) in [6.07, 6.45) is 3.77. The predicted molar refractivity (Wildman–Crippen MR) is 197 cm³/mol. The number of ether oxygens (including phenoxy) is 1. The molecule has 14 nitrogen and oxygen atoms in total. The largest absolute Gasteiger partial charge is 0.388 e. The van der Waals surface area contributed by atoms with Gasteiger partial charge in [-0.15, -0.1) is 0 Å². The summed E-state index contributed by atoms with van der Waals surface area (Å²) in [4.78, 5) is 55.6. The van der Waals surface area contributed by atoms with Gasteiger partial charge in [-0.05, 0) is 42.9 Å². The number of piperidine rings is 1. The van der Waals surface area contributed by atoms with E-state index in [1.54, 1.807) is 11.7 Å². The molecule has 0 saturated carbocycles. The quantitative estimate of drug-likeness (QED) is 0.112. The van der Waals surface area contributed by atoms with Crippen molar-refractivity contribution in [2.24, 2.45) is 12.8 Å². The van der Waals surface area contributed by atoms with Crippen LogP contribution in [0, 0.1) is 0 Å². The number of likely N-dealkylation sites (tertiary alicyclic amines) is 1. The van der Waals surface area contributed by atoms with Gasteiger partial charge in [0.05, 0.1) is 37.4 Å². The van der Waals surface area contributed by atoms with E-state index in [9.17, 15) is 24.3 Å². The standard InChI is InChI=1S/C38H50N8O6/c1-27(29-7-4-3-5-8-29)23-33(49)45-19-15-38(51,16-20-45)25-46-26-42-34-35(37(46)50)43-44(2)36(34)30-11-9-28(10-12-30)24-40-17-6-18-41-32(48)14-22-52-21-13-31(39)47/h3-5,7-12,26-27,40,51H,6,13-25H2,1-2H3,(H2,39,47)(H,41,48). The Morgan fingerprint density at radius 2 is 1.71 bits per heavy atom. The van der Waals surface area contributed by atoms with Gasteiger partial charge in [0.2, 0.25) is 17.7 Å². The number of amides is 3. The van der Waals surface area contributed by atoms with Gasteiger partial charge in [0.15, 0.2) is 5.52 Å². The zero-order valence-corrected chi connectivity index (χ0v) is 30.1. The van der Waals surface area contributed by atoms with Crippen LogP contribution in [-0.2, 0) is 39.3 Å². The maximum absolute atomic E-state index is 13.6. The highest BCUT2D eigenvalue weighted by Crippen LogP contribution is 2.28. The molecule has 14 heteroatoms. The molecule has 1 fully saturated rings. The van der Waals surface area contributed by atoms with Gasteiger partial charge in [0, 0.05) is 58.1 Å². The minimum absolute atomic E-state index is 0.0708. The third-order valence-electron chi connectivity index (χ3n) is 9.55. The number of aromatic nitrogens is 4. The second-order valence-electron chi connectivity index (χ2n) is 13.6. The molecule has 1 aliphatic heterocycles. The third kappa shape index (κ3) is 10.3. The average Bonchev–Trinajstić information content (AvgIpc) is 3.47. The molecule has 0 aliphatic carbocycles. The SMILES string of the molecule is CC(CC(=O)N1CCC(O)(Cn2cnc3c(-c4ccc(CNCCCNC(=O)CCOCCC(N)=O)cc4)n(C)nc3c2=O)CC1)c1ccccc1. The molecule has 4 aromatic rings. The zero-order chi connectivity index (χ0) is 37.1. The van der Waals surface area contributed by atoms with E-state index < -0.39 is 11.5 Å². The summed E-state index contributed by atoms with van der Waals surface area (Å²) in [7, 11) is 1.78. The van der Waals surface area contributed by atoms with Crippen LogP contribution in [0.5, 0.6) is 0 Å². The summed E-state index contributed by atoms with van der Waals surface area (Å²) in [5.74, 6) is -0.351. The molecule has 52 heavy (non-hydrogen) atoms. The van der Waals surface area contributed by atoms with Crippen LogP contribution in [0.1, 0.15) is 62.5 Å². The summed E-state index contributed by atoms with van der Waals surface area (Å²) in [5, 5.41) is 22.2. The predicted octanol–water partition coefficient (Wildman–Crippen LogP) is 2.22. The summed E-state index contributed by atoms with van der Waals surface area (Å²) >= 11 is 0. The first-order chi connectivity index (χ1) is 25.0. The Morgan fingerprint density at radius 3 is 2.42 bits per heavy atom. The number of nitrogens with two attached hydrogens (primary N) is 1. The first kappa shape index (κ1) is 38.3. The monoisotopic (exact) mass is 714 g/mol. The number of carbonyl (C=O) groups is 3. The lowest BCUT2D eigenvalue weighted by Gasteiger charge is -2.38. The molecule has 0 spiro atoms. The highest BCUT2D eigenvalue weighted by molar-refractivity contribution is 5.89. The Morgan fingerprint density at radius 1 is 1.00 bits per heavy atom. The van der Waals surface area contributed by atoms with Crippen LogP contribution in [0.15, 0.2) is 65.7 Å². The average molecular weight is 715 g/mol. The Kier molecular flexibility index (Phi) is 13.3. The number of primary amides is 1. The normalized spacial score (nSPS) is 14.7. The number of hydrogen-bond donors (Lipinski definition) is 4. The van der Waals surface area contributed by atoms with Crippen LogP contribution < -0.4 is 21.9 Å². The molecule has 1 unspecified atom stereocenters. The Hall–Kier alpha value is -4.92. The van der Waals surface area contributed by atoms with E-state index in [0.29, 0.717) is 51.0 Å². The van der Waals surface area contributed by atoms with Crippen molar-refractivity contribution in [2.45, 2.75) is 70.1 Å². The maximum Gasteiger partial charge on any atom is 0.281 e. The first-order valence-electron chi connectivity index (χ1n) is 17.9. The minimum atomic E-state index is -1.14. The number of nitrogens with one attached hydrogen (secondary N) is 2. The lowest BCUT2D eigenvalue weighted by molar-refractivity contribution is -0.136. The molecule has 1 aliphatic rings. The van der Waals surface area contributed by atoms with Crippen molar-refractivity contribution in [3.05, 3.63) is 82.4 Å². The van der Waals surface area contributed by atoms with Gasteiger partial charge in [0.1, 0.15) is 5.52 Å². The Labute approximate surface area is 303 Å². The van der Waals surface area contributed by atoms with E-state index in [1.807, 2.05) is 59.5 Å². The molecule has 0 radical (unpaired) electrons. The van der Waals surface area contributed by atoms with Gasteiger partial charge in [-0.25, -0.2) is 4.98 Å². The van der Waals surface area contributed by atoms with E-state index in [0.717, 1.165) is 35.3 Å². The summed E-state index contributed by atoms with van der Waals surface area (Å²) in [6, 6.07) is 18.0. The molecule has 278 valence electrons. The van der Waals surface area contributed by atoms with Crippen molar-refractivity contribution in [1.82, 2.24) is 34.9 Å². The second-order valence-corrected chi connectivity index (χ2v) is 13.6. The van der Waals surface area contributed by atoms with E-state index in [-0.39, 0.29) is 61.4 Å². The van der Waals surface area contributed by atoms with Crippen LogP contribution in [0.2, 0.25) is 0 Å². The maximum atomic E-state index is 13.6. The van der Waals surface area contributed by atoms with Crippen LogP contribution in [-0.4, -0.2) is 92.1 Å². The van der Waals surface area contributed by atoms with Crippen molar-refractivity contribution < 1.29 is 24.2 Å². The number of fused-ring (bicyclic) bond motifs is 1. The van der Waals surface area contributed by atoms with Gasteiger partial charge in [-0.1, -0.05) is 61.5 Å². The summed E-state index contributed by atoms with van der Waals surface area (Å²) in [6.45, 7) is 5.37. The number of aryl methyl sites for hydroxylation is 1. The first-order valence-corrected chi connectivity index (χ1v) is 17.9. The molecule has 2 aromatic carbocycles. The number of hydrogen-bond acceptors (Lipinski definition) is 9. The molecule has 2 aromatic heterocycles. The smallest absolute Gasteiger partial charge is 0.281 e. The van der Waals surface area contributed by atoms with Crippen molar-refractivity contribution in [1.29, 1.82) is 0 Å². The Bertz CT molecular complexity index is 1870. The minimum Gasteiger partial charge on any atom is -0.388 e. The van der Waals surface area contributed by atoms with Crippen molar-refractivity contribution in [3.63, 3.8) is 0 Å². The van der Waals surface area contributed by atoms with E-state index in [4.69, 9.17) is 10.5 Å². The molecule has 5 N–H and O–H groups in total. The number of benzene rings is 2. The van der Waals surface area contributed by atoms with Gasteiger partial charge in [-0.3, -0.25) is 28.4 Å². The van der Waals surface area contributed by atoms with Gasteiger partial charge in [-0.2, -0.15) is 5.10 Å². The van der Waals surface area contributed by atoms with Crippen LogP contribution in [0.4, 0.5) is 0 Å². The van der Waals surface area contributed by atoms with E-state index >= 15 is 0 Å². The molecule has 5 rings (SSSR count). The highest BCUT2D eigenvalue weighted by Gasteiger charge is 2.35. The van der Waals surface area contributed by atoms with Gasteiger partial charge in [0.25, 0.3) is 5.56 Å². The lowest BCUT2D eigenvalue weighted by Crippen LogP contribution is -2.49. The fourth-order valence-corrected chi connectivity index (χ4v) is 6.45. The molecule has 1 saturated heterocycles. The van der Waals surface area contributed by atoms with Crippen LogP contribution >= 0.6 is 0 Å². The summed E-state index contributed by atoms with van der Waals surface area (Å²) in [5.41, 5.74) is 8.13. The fraction of sp³-hybridized carbons (Fsp3) is 0.474. The summed E-state index contributed by atoms with van der Waals surface area (Å²) < 4.78 is 8.31. The van der Waals surface area contributed by atoms with Crippen LogP contribution in [0.25, 0.3) is 22.3 Å².